The van der Waals surface area contributed by atoms with E-state index in [1.165, 1.54) is 16.0 Å². The summed E-state index contributed by atoms with van der Waals surface area (Å²) in [4.78, 5) is 38.4. The lowest BCUT2D eigenvalue weighted by Gasteiger charge is -2.33. The lowest BCUT2D eigenvalue weighted by Crippen LogP contribution is -2.53. The Labute approximate surface area is 213 Å². The zero-order chi connectivity index (χ0) is 26.6. The summed E-state index contributed by atoms with van der Waals surface area (Å²) in [6, 6.07) is 5.85. The number of carbonyl (C=O) groups is 3. The molecule has 2 aromatic rings. The Morgan fingerprint density at radius 3 is 2.51 bits per heavy atom. The number of rotatable bonds is 7. The summed E-state index contributed by atoms with van der Waals surface area (Å²) in [5, 5.41) is 6.19. The first-order valence-electron chi connectivity index (χ1n) is 11.6. The van der Waals surface area contributed by atoms with Crippen LogP contribution < -0.4 is 15.4 Å². The summed E-state index contributed by atoms with van der Waals surface area (Å²) in [5.41, 5.74) is 5.14. The third kappa shape index (κ3) is 8.23. The van der Waals surface area contributed by atoms with Crippen molar-refractivity contribution in [3.05, 3.63) is 35.0 Å². The van der Waals surface area contributed by atoms with Crippen molar-refractivity contribution in [3.8, 4) is 16.2 Å². The largest absolute Gasteiger partial charge is 0.496 e. The maximum absolute atomic E-state index is 12.3. The van der Waals surface area contributed by atoms with E-state index in [0.717, 1.165) is 37.1 Å². The molecule has 0 saturated carbocycles. The molecule has 1 fully saturated rings. The molecule has 35 heavy (non-hydrogen) atoms. The van der Waals surface area contributed by atoms with E-state index in [1.807, 2.05) is 47.0 Å². The molecule has 8 nitrogen and oxygen atoms in total. The third-order valence-corrected chi connectivity index (χ3v) is 6.78. The number of hydrogen-bond donors (Lipinski definition) is 2. The van der Waals surface area contributed by atoms with Gasteiger partial charge in [-0.15, -0.1) is 11.3 Å². The van der Waals surface area contributed by atoms with Gasteiger partial charge in [-0.1, -0.05) is 32.9 Å². The number of thiazole rings is 1. The van der Waals surface area contributed by atoms with Crippen LogP contribution >= 0.6 is 11.3 Å². The van der Waals surface area contributed by atoms with Gasteiger partial charge in [-0.25, -0.2) is 4.98 Å². The van der Waals surface area contributed by atoms with E-state index >= 15 is 0 Å². The molecule has 0 radical (unpaired) electrons. The van der Waals surface area contributed by atoms with Gasteiger partial charge < -0.3 is 29.9 Å². The summed E-state index contributed by atoms with van der Waals surface area (Å²) in [6.07, 6.45) is 2.62. The molecule has 1 saturated heterocycles. The molecule has 2 heterocycles. The smallest absolute Gasteiger partial charge is 0.240 e. The van der Waals surface area contributed by atoms with Crippen LogP contribution in [0.25, 0.3) is 10.4 Å². The number of likely N-dealkylation sites (N-methyl/N-ethyl adjacent to an activating group) is 1. The summed E-state index contributed by atoms with van der Waals surface area (Å²) in [7, 11) is 5.43. The van der Waals surface area contributed by atoms with Crippen molar-refractivity contribution in [2.45, 2.75) is 59.2 Å². The minimum Gasteiger partial charge on any atom is -0.496 e. The van der Waals surface area contributed by atoms with E-state index in [1.54, 1.807) is 30.4 Å². The molecule has 9 heteroatoms. The van der Waals surface area contributed by atoms with Crippen molar-refractivity contribution in [2.24, 2.45) is 5.41 Å². The molecule has 1 aliphatic heterocycles. The van der Waals surface area contributed by atoms with Gasteiger partial charge in [0.05, 0.1) is 35.3 Å². The van der Waals surface area contributed by atoms with Crippen molar-refractivity contribution in [2.75, 3.05) is 27.7 Å². The number of nitrogens with one attached hydrogen (secondary N) is 2. The van der Waals surface area contributed by atoms with Crippen molar-refractivity contribution in [1.29, 1.82) is 0 Å². The Bertz CT molecular complexity index is 942. The first kappa shape index (κ1) is 30.4. The van der Waals surface area contributed by atoms with Gasteiger partial charge in [-0.05, 0) is 50.9 Å². The minimum atomic E-state index is -0.229. The quantitative estimate of drug-likeness (QED) is 0.557. The van der Waals surface area contributed by atoms with Crippen LogP contribution in [-0.2, 0) is 20.9 Å². The fraction of sp³-hybridized carbons (Fsp3) is 0.538. The Morgan fingerprint density at radius 1 is 1.34 bits per heavy atom. The Balaban J connectivity index is 0.000000328. The maximum atomic E-state index is 12.3. The van der Waals surface area contributed by atoms with Crippen LogP contribution in [0.1, 0.15) is 44.9 Å². The molecule has 3 rings (SSSR count). The first-order chi connectivity index (χ1) is 16.7. The van der Waals surface area contributed by atoms with Crippen LogP contribution in [0.5, 0.6) is 5.75 Å². The van der Waals surface area contributed by atoms with Crippen molar-refractivity contribution < 1.29 is 19.1 Å². The lowest BCUT2D eigenvalue weighted by atomic mass is 9.86. The molecule has 2 unspecified atom stereocenters. The number of ether oxygens (including phenoxy) is 1. The van der Waals surface area contributed by atoms with E-state index in [9.17, 15) is 9.59 Å². The zero-order valence-corrected chi connectivity index (χ0v) is 22.8. The molecule has 0 bridgehead atoms. The molecular weight excluding hydrogens is 464 g/mol. The van der Waals surface area contributed by atoms with Gasteiger partial charge in [0.25, 0.3) is 0 Å². The molecule has 0 spiro atoms. The molecule has 0 aliphatic carbocycles. The van der Waals surface area contributed by atoms with Gasteiger partial charge in [0.2, 0.25) is 5.91 Å². The summed E-state index contributed by atoms with van der Waals surface area (Å²) >= 11 is 1.66. The Hall–Kier alpha value is -2.62. The summed E-state index contributed by atoms with van der Waals surface area (Å²) in [6.45, 7) is 11.6. The summed E-state index contributed by atoms with van der Waals surface area (Å²) in [5.74, 6) is 0.967. The van der Waals surface area contributed by atoms with Crippen molar-refractivity contribution in [1.82, 2.24) is 20.5 Å². The van der Waals surface area contributed by atoms with Crippen LogP contribution in [0.2, 0.25) is 0 Å². The normalized spacial score (nSPS) is 15.9. The van der Waals surface area contributed by atoms with Gasteiger partial charge in [0.1, 0.15) is 18.8 Å². The second-order valence-electron chi connectivity index (χ2n) is 9.29. The molecule has 2 atom stereocenters. The highest BCUT2D eigenvalue weighted by atomic mass is 32.1. The van der Waals surface area contributed by atoms with Gasteiger partial charge >= 0.3 is 0 Å². The Morgan fingerprint density at radius 2 is 2.03 bits per heavy atom. The van der Waals surface area contributed by atoms with Gasteiger partial charge in [-0.2, -0.15) is 0 Å². The van der Waals surface area contributed by atoms with Gasteiger partial charge in [0.15, 0.2) is 0 Å². The zero-order valence-electron chi connectivity index (χ0n) is 22.0. The molecule has 1 amide bonds. The number of methoxy groups -OCH3 is 1. The SMILES string of the molecule is C=O.CNC(C(=O)N1CCCC1C=O)C(C)(C)C.CNCc1ccc(-c2scnc2C)cc1OC. The fourth-order valence-electron chi connectivity index (χ4n) is 4.10. The number of likely N-dealkylation sites (tertiary alicyclic amines) is 1. The average molecular weight is 505 g/mol. The highest BCUT2D eigenvalue weighted by molar-refractivity contribution is 7.13. The van der Waals surface area contributed by atoms with E-state index in [0.29, 0.717) is 6.54 Å². The van der Waals surface area contributed by atoms with E-state index in [-0.39, 0.29) is 23.4 Å². The monoisotopic (exact) mass is 504 g/mol. The molecule has 194 valence electrons. The second kappa shape index (κ2) is 14.7. The standard InChI is InChI=1S/C13H16N2OS.C12H22N2O2.CH2O/c1-9-13(17-8-15-9)10-4-5-11(7-14-2)12(6-10)16-3;1-12(2,3)10(13-4)11(16)14-7-5-6-9(14)8-15;1-2/h4-6,8,14H,7H2,1-3H3;8-10,13H,5-7H2,1-4H3;1H2. The van der Waals surface area contributed by atoms with Gasteiger partial charge in [-0.3, -0.25) is 4.79 Å². The van der Waals surface area contributed by atoms with Crippen LogP contribution in [0.4, 0.5) is 0 Å². The van der Waals surface area contributed by atoms with Crippen LogP contribution in [0.3, 0.4) is 0 Å². The predicted octanol–water partition coefficient (Wildman–Crippen LogP) is 3.47. The molecule has 2 N–H and O–H groups in total. The maximum Gasteiger partial charge on any atom is 0.240 e. The number of aldehydes is 1. The topological polar surface area (TPSA) is 101 Å². The highest BCUT2D eigenvalue weighted by Gasteiger charge is 2.37. The first-order valence-corrected chi connectivity index (χ1v) is 12.5. The minimum absolute atomic E-state index is 0.0459. The molecule has 1 aliphatic rings. The van der Waals surface area contributed by atoms with Crippen LogP contribution in [-0.4, -0.2) is 68.7 Å². The number of aryl methyl sites for hydroxylation is 1. The number of benzene rings is 1. The van der Waals surface area contributed by atoms with E-state index in [4.69, 9.17) is 9.53 Å². The van der Waals surface area contributed by atoms with Gasteiger partial charge in [0, 0.05) is 18.7 Å². The number of carbonyl (C=O) groups excluding carboxylic acids is 3. The Kier molecular flexibility index (Phi) is 12.8. The van der Waals surface area contributed by atoms with Crippen LogP contribution in [0.15, 0.2) is 23.7 Å². The number of nitrogens with zero attached hydrogens (tertiary/aromatic N) is 2. The number of amides is 1. The molecular formula is C26H40N4O4S. The van der Waals surface area contributed by atoms with Crippen LogP contribution in [0, 0.1) is 12.3 Å². The third-order valence-electron chi connectivity index (χ3n) is 5.80. The predicted molar refractivity (Wildman–Crippen MR) is 142 cm³/mol. The second-order valence-corrected chi connectivity index (χ2v) is 10.1. The molecule has 1 aromatic carbocycles. The average Bonchev–Trinajstić information content (AvgIpc) is 3.49. The summed E-state index contributed by atoms with van der Waals surface area (Å²) < 4.78 is 5.42. The highest BCUT2D eigenvalue weighted by Crippen LogP contribution is 2.31. The molecule has 1 aromatic heterocycles. The van der Waals surface area contributed by atoms with Crippen molar-refractivity contribution >= 4 is 30.3 Å². The van der Waals surface area contributed by atoms with Crippen molar-refractivity contribution in [3.63, 3.8) is 0 Å². The van der Waals surface area contributed by atoms with E-state index in [2.05, 4.69) is 33.8 Å². The number of aromatic nitrogens is 1. The fourth-order valence-corrected chi connectivity index (χ4v) is 4.90. The van der Waals surface area contributed by atoms with E-state index < -0.39 is 0 Å². The lowest BCUT2D eigenvalue weighted by molar-refractivity contribution is -0.138. The number of hydrogen-bond acceptors (Lipinski definition) is 8.